The second-order valence-electron chi connectivity index (χ2n) is 4.55. The molecule has 2 aromatic carbocycles. The molecule has 0 amide bonds. The van der Waals surface area contributed by atoms with Crippen molar-refractivity contribution in [3.8, 4) is 11.5 Å². The van der Waals surface area contributed by atoms with Gasteiger partial charge in [-0.25, -0.2) is 0 Å². The molecule has 0 saturated carbocycles. The third kappa shape index (κ3) is 3.25. The highest BCUT2D eigenvalue weighted by atomic mass is 16.5. The zero-order chi connectivity index (χ0) is 15.4. The number of ketones is 1. The maximum absolute atomic E-state index is 11.4. The fourth-order valence-corrected chi connectivity index (χ4v) is 2.03. The van der Waals surface area contributed by atoms with Crippen LogP contribution in [0, 0.1) is 0 Å². The van der Waals surface area contributed by atoms with E-state index in [0.717, 1.165) is 11.4 Å². The van der Waals surface area contributed by atoms with E-state index in [2.05, 4.69) is 5.32 Å². The highest BCUT2D eigenvalue weighted by molar-refractivity contribution is 5.99. The SMILES string of the molecule is COc1ccc(OC)c(Nc2ccc(C(C)=O)c(N)c2)c1. The van der Waals surface area contributed by atoms with Crippen LogP contribution in [0.3, 0.4) is 0 Å². The molecule has 0 fully saturated rings. The number of anilines is 3. The molecule has 3 N–H and O–H groups in total. The largest absolute Gasteiger partial charge is 0.497 e. The number of nitrogens with one attached hydrogen (secondary N) is 1. The Labute approximate surface area is 123 Å². The number of carbonyl (C=O) groups excluding carboxylic acids is 1. The molecular weight excluding hydrogens is 268 g/mol. The van der Waals surface area contributed by atoms with Crippen LogP contribution in [0.4, 0.5) is 17.1 Å². The first-order chi connectivity index (χ1) is 10.0. The predicted molar refractivity (Wildman–Crippen MR) is 83.7 cm³/mol. The zero-order valence-corrected chi connectivity index (χ0v) is 12.3. The van der Waals surface area contributed by atoms with Crippen molar-refractivity contribution in [2.24, 2.45) is 0 Å². The Kier molecular flexibility index (Phi) is 4.33. The van der Waals surface area contributed by atoms with Crippen LogP contribution >= 0.6 is 0 Å². The van der Waals surface area contributed by atoms with E-state index < -0.39 is 0 Å². The highest BCUT2D eigenvalue weighted by Gasteiger charge is 2.08. The summed E-state index contributed by atoms with van der Waals surface area (Å²) in [4.78, 5) is 11.4. The van der Waals surface area contributed by atoms with Crippen molar-refractivity contribution in [1.29, 1.82) is 0 Å². The number of hydrogen-bond donors (Lipinski definition) is 2. The van der Waals surface area contributed by atoms with Gasteiger partial charge in [-0.1, -0.05) is 0 Å². The third-order valence-electron chi connectivity index (χ3n) is 3.12. The second-order valence-corrected chi connectivity index (χ2v) is 4.55. The van der Waals surface area contributed by atoms with Gasteiger partial charge in [0.1, 0.15) is 11.5 Å². The Morgan fingerprint density at radius 3 is 2.43 bits per heavy atom. The summed E-state index contributed by atoms with van der Waals surface area (Å²) in [6, 6.07) is 10.7. The average Bonchev–Trinajstić information content (AvgIpc) is 2.46. The van der Waals surface area contributed by atoms with Gasteiger partial charge >= 0.3 is 0 Å². The minimum atomic E-state index is -0.0574. The van der Waals surface area contributed by atoms with Crippen LogP contribution in [0.5, 0.6) is 11.5 Å². The molecule has 0 aliphatic heterocycles. The van der Waals surface area contributed by atoms with Crippen molar-refractivity contribution >= 4 is 22.8 Å². The van der Waals surface area contributed by atoms with Crippen molar-refractivity contribution in [2.45, 2.75) is 6.92 Å². The summed E-state index contributed by atoms with van der Waals surface area (Å²) >= 11 is 0. The highest BCUT2D eigenvalue weighted by Crippen LogP contribution is 2.32. The molecule has 0 aromatic heterocycles. The van der Waals surface area contributed by atoms with Crippen molar-refractivity contribution in [3.63, 3.8) is 0 Å². The van der Waals surface area contributed by atoms with Crippen LogP contribution in [-0.2, 0) is 0 Å². The van der Waals surface area contributed by atoms with Gasteiger partial charge in [-0.15, -0.1) is 0 Å². The summed E-state index contributed by atoms with van der Waals surface area (Å²) in [7, 11) is 3.20. The number of nitrogens with two attached hydrogens (primary N) is 1. The summed E-state index contributed by atoms with van der Waals surface area (Å²) in [5, 5.41) is 3.21. The lowest BCUT2D eigenvalue weighted by molar-refractivity contribution is 0.101. The quantitative estimate of drug-likeness (QED) is 0.652. The van der Waals surface area contributed by atoms with Gasteiger partial charge in [-0.2, -0.15) is 0 Å². The topological polar surface area (TPSA) is 73.6 Å². The number of Topliss-reactive ketones (excluding diaryl/α,β-unsaturated/α-hetero) is 1. The van der Waals surface area contributed by atoms with Crippen molar-refractivity contribution in [1.82, 2.24) is 0 Å². The molecule has 110 valence electrons. The molecule has 2 rings (SSSR count). The van der Waals surface area contributed by atoms with E-state index in [1.54, 1.807) is 32.4 Å². The van der Waals surface area contributed by atoms with E-state index in [1.165, 1.54) is 6.92 Å². The molecule has 0 aliphatic rings. The van der Waals surface area contributed by atoms with Gasteiger partial charge in [0.25, 0.3) is 0 Å². The van der Waals surface area contributed by atoms with Crippen LogP contribution in [0.25, 0.3) is 0 Å². The molecule has 0 saturated heterocycles. The molecule has 2 aromatic rings. The molecule has 5 heteroatoms. The number of rotatable bonds is 5. The van der Waals surface area contributed by atoms with E-state index in [9.17, 15) is 4.79 Å². The lowest BCUT2D eigenvalue weighted by Crippen LogP contribution is -2.01. The Balaban J connectivity index is 2.33. The molecular formula is C16H18N2O3. The molecule has 0 radical (unpaired) electrons. The fourth-order valence-electron chi connectivity index (χ4n) is 2.03. The number of methoxy groups -OCH3 is 2. The number of ether oxygens (including phenoxy) is 2. The lowest BCUT2D eigenvalue weighted by atomic mass is 10.1. The van der Waals surface area contributed by atoms with E-state index in [4.69, 9.17) is 15.2 Å². The van der Waals surface area contributed by atoms with Crippen LogP contribution < -0.4 is 20.5 Å². The smallest absolute Gasteiger partial charge is 0.161 e. The van der Waals surface area contributed by atoms with Gasteiger partial charge in [0, 0.05) is 23.0 Å². The molecule has 0 atom stereocenters. The number of hydrogen-bond acceptors (Lipinski definition) is 5. The van der Waals surface area contributed by atoms with E-state index in [0.29, 0.717) is 22.7 Å². The van der Waals surface area contributed by atoms with Crippen molar-refractivity contribution in [3.05, 3.63) is 42.0 Å². The molecule has 0 unspecified atom stereocenters. The molecule has 0 heterocycles. The van der Waals surface area contributed by atoms with Gasteiger partial charge in [0.15, 0.2) is 5.78 Å². The lowest BCUT2D eigenvalue weighted by Gasteiger charge is -2.13. The normalized spacial score (nSPS) is 10.0. The molecule has 0 aliphatic carbocycles. The Bertz CT molecular complexity index is 669. The number of nitrogen functional groups attached to an aromatic ring is 1. The summed E-state index contributed by atoms with van der Waals surface area (Å²) in [6.07, 6.45) is 0. The Morgan fingerprint density at radius 2 is 1.86 bits per heavy atom. The standard InChI is InChI=1S/C16H18N2O3/c1-10(19)13-6-4-11(8-14(13)17)18-15-9-12(20-2)5-7-16(15)21-3/h4-9,18H,17H2,1-3H3. The molecule has 21 heavy (non-hydrogen) atoms. The Morgan fingerprint density at radius 1 is 1.10 bits per heavy atom. The van der Waals surface area contributed by atoms with E-state index in [-0.39, 0.29) is 5.78 Å². The first-order valence-electron chi connectivity index (χ1n) is 6.44. The maximum Gasteiger partial charge on any atom is 0.161 e. The van der Waals surface area contributed by atoms with Crippen LogP contribution in [0.2, 0.25) is 0 Å². The predicted octanol–water partition coefficient (Wildman–Crippen LogP) is 3.23. The van der Waals surface area contributed by atoms with E-state index in [1.807, 2.05) is 18.2 Å². The Hall–Kier alpha value is -2.69. The third-order valence-corrected chi connectivity index (χ3v) is 3.12. The zero-order valence-electron chi connectivity index (χ0n) is 12.3. The summed E-state index contributed by atoms with van der Waals surface area (Å²) in [5.74, 6) is 1.34. The van der Waals surface area contributed by atoms with Gasteiger partial charge in [0.2, 0.25) is 0 Å². The van der Waals surface area contributed by atoms with Crippen LogP contribution in [-0.4, -0.2) is 20.0 Å². The van der Waals surface area contributed by atoms with Crippen molar-refractivity contribution < 1.29 is 14.3 Å². The molecule has 5 nitrogen and oxygen atoms in total. The van der Waals surface area contributed by atoms with Gasteiger partial charge in [-0.3, -0.25) is 4.79 Å². The fraction of sp³-hybridized carbons (Fsp3) is 0.188. The maximum atomic E-state index is 11.4. The first-order valence-corrected chi connectivity index (χ1v) is 6.44. The van der Waals surface area contributed by atoms with Crippen LogP contribution in [0.15, 0.2) is 36.4 Å². The van der Waals surface area contributed by atoms with Crippen LogP contribution in [0.1, 0.15) is 17.3 Å². The van der Waals surface area contributed by atoms with Crippen molar-refractivity contribution in [2.75, 3.05) is 25.3 Å². The summed E-state index contributed by atoms with van der Waals surface area (Å²) in [5.41, 5.74) is 8.36. The molecule has 0 spiro atoms. The minimum absolute atomic E-state index is 0.0574. The number of benzene rings is 2. The minimum Gasteiger partial charge on any atom is -0.497 e. The summed E-state index contributed by atoms with van der Waals surface area (Å²) < 4.78 is 10.5. The number of carbonyl (C=O) groups is 1. The molecule has 0 bridgehead atoms. The van der Waals surface area contributed by atoms with Gasteiger partial charge in [0.05, 0.1) is 19.9 Å². The average molecular weight is 286 g/mol. The van der Waals surface area contributed by atoms with Gasteiger partial charge < -0.3 is 20.5 Å². The monoisotopic (exact) mass is 286 g/mol. The summed E-state index contributed by atoms with van der Waals surface area (Å²) in [6.45, 7) is 1.49. The van der Waals surface area contributed by atoms with Gasteiger partial charge in [-0.05, 0) is 37.3 Å². The second kappa shape index (κ2) is 6.17. The van der Waals surface area contributed by atoms with E-state index >= 15 is 0 Å². The first kappa shape index (κ1) is 14.7.